The fourth-order valence-electron chi connectivity index (χ4n) is 7.18. The van der Waals surface area contributed by atoms with Gasteiger partial charge in [-0.25, -0.2) is 0 Å². The first kappa shape index (κ1) is 57.3. The molecule has 0 saturated heterocycles. The molecule has 0 radical (unpaired) electrons. The minimum absolute atomic E-state index is 0.0805. The van der Waals surface area contributed by atoms with Gasteiger partial charge in [0, 0.05) is 6.42 Å². The van der Waals surface area contributed by atoms with Crippen molar-refractivity contribution in [1.82, 2.24) is 5.32 Å². The first-order chi connectivity index (χ1) is 29.7. The molecule has 3 N–H and O–H groups in total. The Morgan fingerprint density at radius 1 is 0.417 bits per heavy atom. The van der Waals surface area contributed by atoms with Crippen LogP contribution in [0.3, 0.4) is 0 Å². The van der Waals surface area contributed by atoms with E-state index in [1.165, 1.54) is 141 Å². The maximum Gasteiger partial charge on any atom is 0.220 e. The van der Waals surface area contributed by atoms with Crippen molar-refractivity contribution in [3.05, 3.63) is 97.2 Å². The van der Waals surface area contributed by atoms with Crippen LogP contribution in [0.1, 0.15) is 232 Å². The number of nitrogens with one attached hydrogen (secondary N) is 1. The fraction of sp³-hybridized carbons (Fsp3) is 0.696. The van der Waals surface area contributed by atoms with Gasteiger partial charge in [0.1, 0.15) is 0 Å². The zero-order chi connectivity index (χ0) is 43.5. The zero-order valence-corrected chi connectivity index (χ0v) is 39.4. The lowest BCUT2D eigenvalue weighted by Gasteiger charge is -2.19. The Morgan fingerprint density at radius 3 is 1.17 bits per heavy atom. The number of amides is 1. The fourth-order valence-corrected chi connectivity index (χ4v) is 7.18. The number of aliphatic hydroxyl groups excluding tert-OH is 2. The molecular formula is C56H97NO3. The Balaban J connectivity index is 3.54. The molecule has 2 unspecified atom stereocenters. The van der Waals surface area contributed by atoms with E-state index in [4.69, 9.17) is 0 Å². The average molecular weight is 832 g/mol. The summed E-state index contributed by atoms with van der Waals surface area (Å²) in [6.07, 6.45) is 75.5. The van der Waals surface area contributed by atoms with Crippen LogP contribution in [-0.4, -0.2) is 34.9 Å². The molecule has 0 heterocycles. The van der Waals surface area contributed by atoms with Gasteiger partial charge in [-0.3, -0.25) is 4.79 Å². The Kier molecular flexibility index (Phi) is 48.4. The minimum atomic E-state index is -0.873. The first-order valence-electron chi connectivity index (χ1n) is 25.5. The largest absolute Gasteiger partial charge is 0.394 e. The number of carbonyl (C=O) groups is 1. The second kappa shape index (κ2) is 50.7. The molecule has 60 heavy (non-hydrogen) atoms. The monoisotopic (exact) mass is 832 g/mol. The van der Waals surface area contributed by atoms with Crippen LogP contribution in [-0.2, 0) is 4.79 Å². The Bertz CT molecular complexity index is 1130. The van der Waals surface area contributed by atoms with Crippen molar-refractivity contribution >= 4 is 5.91 Å². The molecule has 0 aliphatic heterocycles. The highest BCUT2D eigenvalue weighted by Gasteiger charge is 2.17. The Labute approximate surface area is 373 Å². The molecule has 0 rings (SSSR count). The van der Waals surface area contributed by atoms with Gasteiger partial charge in [-0.2, -0.15) is 0 Å². The molecule has 344 valence electrons. The molecule has 0 aromatic rings. The van der Waals surface area contributed by atoms with Gasteiger partial charge in [-0.15, -0.1) is 0 Å². The first-order valence-corrected chi connectivity index (χ1v) is 25.5. The van der Waals surface area contributed by atoms with E-state index in [2.05, 4.69) is 104 Å². The van der Waals surface area contributed by atoms with Crippen molar-refractivity contribution in [3.8, 4) is 0 Å². The van der Waals surface area contributed by atoms with Crippen molar-refractivity contribution in [1.29, 1.82) is 0 Å². The number of carbonyl (C=O) groups excluding carboxylic acids is 1. The summed E-state index contributed by atoms with van der Waals surface area (Å²) in [6.45, 7) is 4.16. The SMILES string of the molecule is CC/C=C\C/C=C\C/C=C\C/C=C\C/C=C\CCCCCCCCCCCCCCCCCCCC(=O)NC(CO)C(O)/C=C/CC/C=C/CC/C=C/CCCCCCC. The molecule has 0 aromatic heterocycles. The second-order valence-electron chi connectivity index (χ2n) is 16.8. The highest BCUT2D eigenvalue weighted by molar-refractivity contribution is 5.76. The molecule has 0 saturated carbocycles. The maximum absolute atomic E-state index is 12.4. The molecular weight excluding hydrogens is 735 g/mol. The van der Waals surface area contributed by atoms with Crippen LogP contribution in [0.5, 0.6) is 0 Å². The molecule has 0 spiro atoms. The standard InChI is InChI=1S/C56H97NO3/c1-3-5-7-9-11-13-15-17-19-20-21-22-23-24-25-26-27-28-29-30-31-32-33-34-35-36-38-40-42-44-46-48-50-52-56(60)57-54(53-58)55(59)51-49-47-45-43-41-39-37-18-16-14-12-10-8-6-4-2/h5,7,11,13,16-19,21-22,24-25,41,43,49,51,54-55,58-59H,3-4,6,8-10,12,14-15,20,23,26-40,42,44-48,50,52-53H2,1-2H3,(H,57,60)/b7-5-,13-11-,18-16+,19-17-,22-21-,25-24-,43-41+,51-49+. The Morgan fingerprint density at radius 2 is 0.750 bits per heavy atom. The molecule has 0 fully saturated rings. The number of rotatable bonds is 45. The zero-order valence-electron chi connectivity index (χ0n) is 39.4. The summed E-state index contributed by atoms with van der Waals surface area (Å²) in [6, 6.07) is -0.649. The van der Waals surface area contributed by atoms with Crippen LogP contribution in [0.25, 0.3) is 0 Å². The summed E-state index contributed by atoms with van der Waals surface area (Å²) >= 11 is 0. The third-order valence-electron chi connectivity index (χ3n) is 11.0. The van der Waals surface area contributed by atoms with Gasteiger partial charge in [0.05, 0.1) is 18.8 Å². The summed E-state index contributed by atoms with van der Waals surface area (Å²) in [4.78, 5) is 12.4. The smallest absolute Gasteiger partial charge is 0.220 e. The predicted molar refractivity (Wildman–Crippen MR) is 266 cm³/mol. The number of allylic oxidation sites excluding steroid dienone is 15. The third-order valence-corrected chi connectivity index (χ3v) is 11.0. The number of hydrogen-bond acceptors (Lipinski definition) is 3. The van der Waals surface area contributed by atoms with E-state index in [1.807, 2.05) is 6.08 Å². The van der Waals surface area contributed by atoms with Crippen molar-refractivity contribution in [2.75, 3.05) is 6.61 Å². The lowest BCUT2D eigenvalue weighted by Crippen LogP contribution is -2.45. The topological polar surface area (TPSA) is 69.6 Å². The van der Waals surface area contributed by atoms with Gasteiger partial charge in [-0.1, -0.05) is 233 Å². The number of unbranched alkanes of at least 4 members (excludes halogenated alkanes) is 24. The van der Waals surface area contributed by atoms with E-state index in [0.717, 1.165) is 70.6 Å². The summed E-state index contributed by atoms with van der Waals surface area (Å²) in [5.74, 6) is -0.0805. The summed E-state index contributed by atoms with van der Waals surface area (Å²) < 4.78 is 0. The van der Waals surface area contributed by atoms with Crippen LogP contribution in [0.2, 0.25) is 0 Å². The van der Waals surface area contributed by atoms with Gasteiger partial charge in [0.15, 0.2) is 0 Å². The molecule has 0 aliphatic carbocycles. The quantitative estimate of drug-likeness (QED) is 0.0423. The Hall–Kier alpha value is -2.69. The summed E-state index contributed by atoms with van der Waals surface area (Å²) in [5, 5.41) is 23.0. The molecule has 4 heteroatoms. The van der Waals surface area contributed by atoms with Crippen LogP contribution < -0.4 is 5.32 Å². The van der Waals surface area contributed by atoms with Crippen molar-refractivity contribution in [2.24, 2.45) is 0 Å². The van der Waals surface area contributed by atoms with E-state index < -0.39 is 12.1 Å². The van der Waals surface area contributed by atoms with Gasteiger partial charge in [0.2, 0.25) is 5.91 Å². The van der Waals surface area contributed by atoms with Crippen molar-refractivity contribution in [3.63, 3.8) is 0 Å². The van der Waals surface area contributed by atoms with E-state index in [1.54, 1.807) is 6.08 Å². The number of aliphatic hydroxyl groups is 2. The van der Waals surface area contributed by atoms with Crippen LogP contribution in [0.15, 0.2) is 97.2 Å². The lowest BCUT2D eigenvalue weighted by molar-refractivity contribution is -0.123. The van der Waals surface area contributed by atoms with E-state index >= 15 is 0 Å². The molecule has 0 bridgehead atoms. The summed E-state index contributed by atoms with van der Waals surface area (Å²) in [5.41, 5.74) is 0. The number of hydrogen-bond donors (Lipinski definition) is 3. The minimum Gasteiger partial charge on any atom is -0.394 e. The molecule has 4 nitrogen and oxygen atoms in total. The normalized spacial score (nSPS) is 13.7. The van der Waals surface area contributed by atoms with Crippen molar-refractivity contribution < 1.29 is 15.0 Å². The van der Waals surface area contributed by atoms with Crippen molar-refractivity contribution in [2.45, 2.75) is 244 Å². The molecule has 0 aromatic carbocycles. The van der Waals surface area contributed by atoms with Gasteiger partial charge >= 0.3 is 0 Å². The molecule has 0 aliphatic rings. The van der Waals surface area contributed by atoms with Crippen LogP contribution >= 0.6 is 0 Å². The third kappa shape index (κ3) is 46.4. The molecule has 2 atom stereocenters. The van der Waals surface area contributed by atoms with Crippen LogP contribution in [0.4, 0.5) is 0 Å². The van der Waals surface area contributed by atoms with E-state index in [-0.39, 0.29) is 12.5 Å². The summed E-state index contributed by atoms with van der Waals surface area (Å²) in [7, 11) is 0. The van der Waals surface area contributed by atoms with Gasteiger partial charge in [-0.05, 0) is 89.9 Å². The predicted octanol–water partition coefficient (Wildman–Crippen LogP) is 16.6. The second-order valence-corrected chi connectivity index (χ2v) is 16.8. The van der Waals surface area contributed by atoms with Crippen LogP contribution in [0, 0.1) is 0 Å². The van der Waals surface area contributed by atoms with Gasteiger partial charge < -0.3 is 15.5 Å². The maximum atomic E-state index is 12.4. The van der Waals surface area contributed by atoms with Gasteiger partial charge in [0.25, 0.3) is 0 Å². The van der Waals surface area contributed by atoms with E-state index in [0.29, 0.717) is 6.42 Å². The highest BCUT2D eigenvalue weighted by atomic mass is 16.3. The lowest BCUT2D eigenvalue weighted by atomic mass is 10.0. The average Bonchev–Trinajstić information content (AvgIpc) is 3.25. The van der Waals surface area contributed by atoms with E-state index in [9.17, 15) is 15.0 Å². The highest BCUT2D eigenvalue weighted by Crippen LogP contribution is 2.15. The molecule has 1 amide bonds.